The molecule has 1 aliphatic heterocycles. The second kappa shape index (κ2) is 4.01. The molecular formula is C12H11N3O2. The smallest absolute Gasteiger partial charge is 0.232 e. The van der Waals surface area contributed by atoms with Crippen molar-refractivity contribution < 1.29 is 9.32 Å². The lowest BCUT2D eigenvalue weighted by atomic mass is 10.1. The van der Waals surface area contributed by atoms with Gasteiger partial charge in [0.25, 0.3) is 0 Å². The maximum Gasteiger partial charge on any atom is 0.232 e. The standard InChI is InChI=1S/C12H11N3O2/c16-10-6-9(7-13-10)12-14-11(15-17-12)8-4-2-1-3-5-8/h1-5,9H,6-7H2,(H,13,16)/t9-/m1/s1. The molecule has 1 aromatic carbocycles. The Morgan fingerprint density at radius 3 is 2.82 bits per heavy atom. The number of hydrogen-bond donors (Lipinski definition) is 1. The zero-order chi connectivity index (χ0) is 11.7. The lowest BCUT2D eigenvalue weighted by Crippen LogP contribution is -2.13. The molecule has 17 heavy (non-hydrogen) atoms. The Kier molecular flexibility index (Phi) is 2.36. The van der Waals surface area contributed by atoms with E-state index >= 15 is 0 Å². The van der Waals surface area contributed by atoms with E-state index in [1.165, 1.54) is 0 Å². The molecule has 1 fully saturated rings. The number of nitrogens with one attached hydrogen (secondary N) is 1. The number of hydrogen-bond acceptors (Lipinski definition) is 4. The van der Waals surface area contributed by atoms with E-state index in [1.54, 1.807) is 0 Å². The third-order valence-corrected chi connectivity index (χ3v) is 2.80. The summed E-state index contributed by atoms with van der Waals surface area (Å²) in [4.78, 5) is 15.4. The van der Waals surface area contributed by atoms with Crippen molar-refractivity contribution in [3.8, 4) is 11.4 Å². The van der Waals surface area contributed by atoms with Crippen LogP contribution in [0.4, 0.5) is 0 Å². The van der Waals surface area contributed by atoms with Crippen molar-refractivity contribution >= 4 is 5.91 Å². The molecule has 1 saturated heterocycles. The van der Waals surface area contributed by atoms with Crippen LogP contribution in [-0.2, 0) is 4.79 Å². The van der Waals surface area contributed by atoms with E-state index < -0.39 is 0 Å². The van der Waals surface area contributed by atoms with Gasteiger partial charge in [-0.25, -0.2) is 0 Å². The first-order valence-electron chi connectivity index (χ1n) is 5.48. The zero-order valence-electron chi connectivity index (χ0n) is 9.09. The molecule has 5 nitrogen and oxygen atoms in total. The van der Waals surface area contributed by atoms with Crippen molar-refractivity contribution in [3.05, 3.63) is 36.2 Å². The van der Waals surface area contributed by atoms with Crippen LogP contribution < -0.4 is 5.32 Å². The van der Waals surface area contributed by atoms with Gasteiger partial charge < -0.3 is 9.84 Å². The average Bonchev–Trinajstić information content (AvgIpc) is 2.98. The largest absolute Gasteiger partial charge is 0.355 e. The summed E-state index contributed by atoms with van der Waals surface area (Å²) in [6, 6.07) is 9.63. The lowest BCUT2D eigenvalue weighted by Gasteiger charge is -1.97. The van der Waals surface area contributed by atoms with Gasteiger partial charge in [0.15, 0.2) is 0 Å². The molecule has 5 heteroatoms. The quantitative estimate of drug-likeness (QED) is 0.843. The Hall–Kier alpha value is -2.17. The van der Waals surface area contributed by atoms with E-state index in [1.807, 2.05) is 30.3 Å². The lowest BCUT2D eigenvalue weighted by molar-refractivity contribution is -0.119. The Labute approximate surface area is 97.8 Å². The minimum atomic E-state index is 0.00691. The fraction of sp³-hybridized carbons (Fsp3) is 0.250. The van der Waals surface area contributed by atoms with E-state index in [0.717, 1.165) is 5.56 Å². The van der Waals surface area contributed by atoms with Crippen LogP contribution in [0.5, 0.6) is 0 Å². The fourth-order valence-electron chi connectivity index (χ4n) is 1.89. The van der Waals surface area contributed by atoms with Crippen LogP contribution in [0.3, 0.4) is 0 Å². The molecule has 0 saturated carbocycles. The van der Waals surface area contributed by atoms with Crippen molar-refractivity contribution in [2.24, 2.45) is 0 Å². The average molecular weight is 229 g/mol. The maximum atomic E-state index is 11.1. The number of amides is 1. The number of aromatic nitrogens is 2. The highest BCUT2D eigenvalue weighted by atomic mass is 16.5. The molecule has 1 aliphatic rings. The van der Waals surface area contributed by atoms with Gasteiger partial charge in [-0.15, -0.1) is 0 Å². The fourth-order valence-corrected chi connectivity index (χ4v) is 1.89. The second-order valence-corrected chi connectivity index (χ2v) is 4.03. The highest BCUT2D eigenvalue weighted by Gasteiger charge is 2.28. The molecule has 0 bridgehead atoms. The molecule has 3 rings (SSSR count). The van der Waals surface area contributed by atoms with Gasteiger partial charge in [0, 0.05) is 18.5 Å². The Morgan fingerprint density at radius 2 is 2.12 bits per heavy atom. The van der Waals surface area contributed by atoms with Gasteiger partial charge in [-0.1, -0.05) is 35.5 Å². The molecule has 0 unspecified atom stereocenters. The Balaban J connectivity index is 1.86. The topological polar surface area (TPSA) is 68.0 Å². The first-order chi connectivity index (χ1) is 8.33. The van der Waals surface area contributed by atoms with Gasteiger partial charge in [-0.05, 0) is 0 Å². The summed E-state index contributed by atoms with van der Waals surface area (Å²) in [5, 5.41) is 6.68. The molecule has 0 spiro atoms. The van der Waals surface area contributed by atoms with Crippen molar-refractivity contribution in [2.75, 3.05) is 6.54 Å². The van der Waals surface area contributed by atoms with Crippen molar-refractivity contribution in [1.82, 2.24) is 15.5 Å². The van der Waals surface area contributed by atoms with Gasteiger partial charge >= 0.3 is 0 Å². The monoisotopic (exact) mass is 229 g/mol. The van der Waals surface area contributed by atoms with E-state index in [4.69, 9.17) is 4.52 Å². The highest BCUT2D eigenvalue weighted by Crippen LogP contribution is 2.24. The Bertz CT molecular complexity index is 536. The van der Waals surface area contributed by atoms with Crippen molar-refractivity contribution in [3.63, 3.8) is 0 Å². The number of carbonyl (C=O) groups is 1. The normalized spacial score (nSPS) is 19.3. The van der Waals surface area contributed by atoms with Gasteiger partial charge in [-0.3, -0.25) is 4.79 Å². The van der Waals surface area contributed by atoms with Gasteiger partial charge in [-0.2, -0.15) is 4.98 Å². The van der Waals surface area contributed by atoms with Crippen molar-refractivity contribution in [1.29, 1.82) is 0 Å². The summed E-state index contributed by atoms with van der Waals surface area (Å²) in [5.74, 6) is 1.14. The van der Waals surface area contributed by atoms with Crippen LogP contribution >= 0.6 is 0 Å². The van der Waals surface area contributed by atoms with Crippen LogP contribution in [-0.4, -0.2) is 22.6 Å². The Morgan fingerprint density at radius 1 is 1.29 bits per heavy atom. The summed E-state index contributed by atoms with van der Waals surface area (Å²) < 4.78 is 5.20. The highest BCUT2D eigenvalue weighted by molar-refractivity contribution is 5.79. The third kappa shape index (κ3) is 1.91. The molecule has 86 valence electrons. The summed E-state index contributed by atoms with van der Waals surface area (Å²) in [6.07, 6.45) is 0.427. The molecule has 0 aliphatic carbocycles. The minimum absolute atomic E-state index is 0.00691. The molecule has 2 aromatic rings. The molecule has 2 heterocycles. The van der Waals surface area contributed by atoms with Crippen LogP contribution in [0.1, 0.15) is 18.2 Å². The predicted octanol–water partition coefficient (Wildman–Crippen LogP) is 1.34. The summed E-state index contributed by atoms with van der Waals surface area (Å²) in [6.45, 7) is 0.579. The van der Waals surface area contributed by atoms with Gasteiger partial charge in [0.05, 0.1) is 5.92 Å². The molecule has 1 aromatic heterocycles. The number of benzene rings is 1. The second-order valence-electron chi connectivity index (χ2n) is 4.03. The summed E-state index contributed by atoms with van der Waals surface area (Å²) in [7, 11) is 0. The number of carbonyl (C=O) groups excluding carboxylic acids is 1. The first-order valence-corrected chi connectivity index (χ1v) is 5.48. The minimum Gasteiger partial charge on any atom is -0.355 e. The van der Waals surface area contributed by atoms with Crippen LogP contribution in [0.2, 0.25) is 0 Å². The molecule has 0 radical (unpaired) electrons. The molecule has 1 atom stereocenters. The molecule has 1 N–H and O–H groups in total. The van der Waals surface area contributed by atoms with Crippen LogP contribution in [0.25, 0.3) is 11.4 Å². The maximum absolute atomic E-state index is 11.1. The van der Waals surface area contributed by atoms with E-state index in [-0.39, 0.29) is 11.8 Å². The van der Waals surface area contributed by atoms with E-state index in [2.05, 4.69) is 15.5 Å². The van der Waals surface area contributed by atoms with Crippen LogP contribution in [0, 0.1) is 0 Å². The zero-order valence-corrected chi connectivity index (χ0v) is 9.09. The van der Waals surface area contributed by atoms with Gasteiger partial charge in [0.2, 0.25) is 17.6 Å². The van der Waals surface area contributed by atoms with E-state index in [9.17, 15) is 4.79 Å². The summed E-state index contributed by atoms with van der Waals surface area (Å²) >= 11 is 0. The first kappa shape index (κ1) is 10.0. The summed E-state index contributed by atoms with van der Waals surface area (Å²) in [5.41, 5.74) is 0.916. The number of rotatable bonds is 2. The van der Waals surface area contributed by atoms with Gasteiger partial charge in [0.1, 0.15) is 0 Å². The SMILES string of the molecule is O=C1C[C@@H](c2nc(-c3ccccc3)no2)CN1. The van der Waals surface area contributed by atoms with Crippen LogP contribution in [0.15, 0.2) is 34.9 Å². The third-order valence-electron chi connectivity index (χ3n) is 2.80. The predicted molar refractivity (Wildman–Crippen MR) is 60.1 cm³/mol. The van der Waals surface area contributed by atoms with E-state index in [0.29, 0.717) is 24.7 Å². The molecular weight excluding hydrogens is 218 g/mol. The number of nitrogens with zero attached hydrogens (tertiary/aromatic N) is 2. The molecule has 1 amide bonds. The van der Waals surface area contributed by atoms with Crippen molar-refractivity contribution in [2.45, 2.75) is 12.3 Å².